The summed E-state index contributed by atoms with van der Waals surface area (Å²) >= 11 is 5.75. The topological polar surface area (TPSA) is 122 Å². The number of rotatable bonds is 7. The molecule has 0 saturated carbocycles. The number of nitrogens with zero attached hydrogens (tertiary/aromatic N) is 3. The van der Waals surface area contributed by atoms with Crippen LogP contribution in [0.25, 0.3) is 0 Å². The average Bonchev–Trinajstić information content (AvgIpc) is 3.36. The number of aromatic amines is 1. The molecule has 2 amide bonds. The number of amides is 2. The first kappa shape index (κ1) is 22.2. The van der Waals surface area contributed by atoms with E-state index < -0.39 is 29.5 Å². The highest BCUT2D eigenvalue weighted by molar-refractivity contribution is 6.43. The van der Waals surface area contributed by atoms with Crippen molar-refractivity contribution in [2.75, 3.05) is 5.32 Å². The van der Waals surface area contributed by atoms with Crippen LogP contribution in [0.4, 0.5) is 10.1 Å². The molecule has 31 heavy (non-hydrogen) atoms. The van der Waals surface area contributed by atoms with Gasteiger partial charge in [0.15, 0.2) is 0 Å². The van der Waals surface area contributed by atoms with Gasteiger partial charge in [-0.05, 0) is 37.1 Å². The molecule has 2 aromatic heterocycles. The van der Waals surface area contributed by atoms with E-state index in [1.54, 1.807) is 14.0 Å². The van der Waals surface area contributed by atoms with Crippen LogP contribution in [0.2, 0.25) is 5.02 Å². The lowest BCUT2D eigenvalue weighted by molar-refractivity contribution is -0.117. The number of nitrogens with one attached hydrogen (secondary N) is 3. The first-order valence-corrected chi connectivity index (χ1v) is 9.73. The number of aromatic nitrogens is 4. The minimum atomic E-state index is -0.819. The van der Waals surface area contributed by atoms with Crippen molar-refractivity contribution in [2.45, 2.75) is 26.3 Å². The van der Waals surface area contributed by atoms with E-state index in [2.05, 4.69) is 26.0 Å². The van der Waals surface area contributed by atoms with Crippen LogP contribution < -0.4 is 10.6 Å². The molecule has 11 heteroatoms. The Morgan fingerprint density at radius 3 is 2.68 bits per heavy atom. The molecule has 0 aliphatic rings. The predicted molar refractivity (Wildman–Crippen MR) is 111 cm³/mol. The summed E-state index contributed by atoms with van der Waals surface area (Å²) in [6.07, 6.45) is 3.39. The number of carbonyl (C=O) groups is 3. The van der Waals surface area contributed by atoms with Gasteiger partial charge >= 0.3 is 0 Å². The third kappa shape index (κ3) is 4.64. The number of H-pyrrole nitrogens is 1. The van der Waals surface area contributed by atoms with Crippen molar-refractivity contribution in [1.29, 1.82) is 0 Å². The number of halogens is 2. The van der Waals surface area contributed by atoms with Crippen LogP contribution in [-0.4, -0.2) is 37.6 Å². The number of Topliss-reactive ketones (excluding diaryl/α,β-unsaturated/α-hetero) is 1. The highest BCUT2D eigenvalue weighted by Crippen LogP contribution is 2.22. The zero-order valence-electron chi connectivity index (χ0n) is 17.0. The molecule has 3 aromatic rings. The average molecular weight is 447 g/mol. The third-order valence-corrected chi connectivity index (χ3v) is 5.07. The molecule has 2 heterocycles. The van der Waals surface area contributed by atoms with Gasteiger partial charge in [0.1, 0.15) is 17.2 Å². The summed E-state index contributed by atoms with van der Waals surface area (Å²) in [6, 6.07) is 3.30. The van der Waals surface area contributed by atoms with E-state index in [0.29, 0.717) is 23.4 Å². The summed E-state index contributed by atoms with van der Waals surface area (Å²) in [6.45, 7) is 3.41. The number of carbonyl (C=O) groups excluding carboxylic acids is 3. The fourth-order valence-electron chi connectivity index (χ4n) is 3.18. The summed E-state index contributed by atoms with van der Waals surface area (Å²) in [4.78, 5) is 38.0. The van der Waals surface area contributed by atoms with E-state index in [-0.39, 0.29) is 16.3 Å². The van der Waals surface area contributed by atoms with Crippen molar-refractivity contribution >= 4 is 34.9 Å². The first-order valence-electron chi connectivity index (χ1n) is 9.36. The third-order valence-electron chi connectivity index (χ3n) is 4.78. The second-order valence-electron chi connectivity index (χ2n) is 6.87. The normalized spacial score (nSPS) is 11.8. The quantitative estimate of drug-likeness (QED) is 0.380. The number of hydrogen-bond acceptors (Lipinski definition) is 5. The molecule has 9 nitrogen and oxygen atoms in total. The Morgan fingerprint density at radius 1 is 1.32 bits per heavy atom. The number of ketones is 1. The summed E-state index contributed by atoms with van der Waals surface area (Å²) < 4.78 is 14.8. The van der Waals surface area contributed by atoms with Crippen LogP contribution in [0, 0.1) is 12.7 Å². The number of aryl methyl sites for hydroxylation is 1. The van der Waals surface area contributed by atoms with E-state index in [1.807, 2.05) is 6.92 Å². The summed E-state index contributed by atoms with van der Waals surface area (Å²) in [7, 11) is 1.58. The van der Waals surface area contributed by atoms with Gasteiger partial charge in [-0.15, -0.1) is 0 Å². The standard InChI is InChI=1S/C20H20ClFN6O3/c1-4-15(16-8-23-27-26-16)25-20(31)18(29)12-9-28(3)17(10(12)2)19(30)24-11-5-6-14(22)13(21)7-11/h5-9,15H,4H2,1-3H3,(H,24,30)(H,25,31)(H,23,26,27)/t15-/m0/s1. The molecule has 0 aliphatic carbocycles. The van der Waals surface area contributed by atoms with Gasteiger partial charge in [-0.25, -0.2) is 4.39 Å². The molecule has 0 radical (unpaired) electrons. The van der Waals surface area contributed by atoms with Crippen molar-refractivity contribution in [3.63, 3.8) is 0 Å². The predicted octanol–water partition coefficient (Wildman–Crippen LogP) is 2.95. The molecule has 162 valence electrons. The lowest BCUT2D eigenvalue weighted by Gasteiger charge is -2.13. The Kier molecular flexibility index (Phi) is 6.50. The molecule has 0 bridgehead atoms. The Hall–Kier alpha value is -3.53. The zero-order valence-corrected chi connectivity index (χ0v) is 17.7. The monoisotopic (exact) mass is 446 g/mol. The molecule has 3 rings (SSSR count). The maximum Gasteiger partial charge on any atom is 0.292 e. The van der Waals surface area contributed by atoms with Crippen LogP contribution in [0.5, 0.6) is 0 Å². The SMILES string of the molecule is CC[C@H](NC(=O)C(=O)c1cn(C)c(C(=O)Nc2ccc(F)c(Cl)c2)c1C)c1cn[nH]n1. The van der Waals surface area contributed by atoms with Gasteiger partial charge in [0.2, 0.25) is 0 Å². The van der Waals surface area contributed by atoms with Crippen LogP contribution in [-0.2, 0) is 11.8 Å². The minimum Gasteiger partial charge on any atom is -0.346 e. The smallest absolute Gasteiger partial charge is 0.292 e. The highest BCUT2D eigenvalue weighted by Gasteiger charge is 2.27. The summed E-state index contributed by atoms with van der Waals surface area (Å²) in [5.41, 5.74) is 1.41. The second-order valence-corrected chi connectivity index (χ2v) is 7.28. The van der Waals surface area contributed by atoms with Crippen LogP contribution in [0.3, 0.4) is 0 Å². The molecule has 1 atom stereocenters. The Balaban J connectivity index is 1.79. The Bertz CT molecular complexity index is 1140. The second kappa shape index (κ2) is 9.09. The van der Waals surface area contributed by atoms with E-state index in [4.69, 9.17) is 11.6 Å². The number of anilines is 1. The molecule has 0 fully saturated rings. The van der Waals surface area contributed by atoms with Crippen LogP contribution in [0.1, 0.15) is 51.5 Å². The van der Waals surface area contributed by atoms with Gasteiger partial charge in [-0.3, -0.25) is 14.4 Å². The Labute approximate surface area is 182 Å². The van der Waals surface area contributed by atoms with E-state index in [9.17, 15) is 18.8 Å². The van der Waals surface area contributed by atoms with Crippen molar-refractivity contribution in [3.05, 3.63) is 63.9 Å². The molecule has 0 saturated heterocycles. The summed E-state index contributed by atoms with van der Waals surface area (Å²) in [5.74, 6) is -2.74. The molecule has 0 spiro atoms. The molecule has 0 unspecified atom stereocenters. The van der Waals surface area contributed by atoms with Gasteiger partial charge < -0.3 is 15.2 Å². The van der Waals surface area contributed by atoms with Crippen LogP contribution in [0.15, 0.2) is 30.6 Å². The fraction of sp³-hybridized carbons (Fsp3) is 0.250. The van der Waals surface area contributed by atoms with Crippen LogP contribution >= 0.6 is 11.6 Å². The van der Waals surface area contributed by atoms with Crippen molar-refractivity contribution < 1.29 is 18.8 Å². The summed E-state index contributed by atoms with van der Waals surface area (Å²) in [5, 5.41) is 15.2. The van der Waals surface area contributed by atoms with Gasteiger partial charge in [-0.2, -0.15) is 15.4 Å². The maximum absolute atomic E-state index is 13.3. The van der Waals surface area contributed by atoms with Crippen molar-refractivity contribution in [3.8, 4) is 0 Å². The van der Waals surface area contributed by atoms with Gasteiger partial charge in [0, 0.05) is 24.5 Å². The lowest BCUT2D eigenvalue weighted by Crippen LogP contribution is -2.34. The lowest BCUT2D eigenvalue weighted by atomic mass is 10.1. The van der Waals surface area contributed by atoms with Gasteiger partial charge in [0.25, 0.3) is 17.6 Å². The Morgan fingerprint density at radius 2 is 2.06 bits per heavy atom. The van der Waals surface area contributed by atoms with E-state index in [1.165, 1.54) is 29.1 Å². The molecular formula is C20H20ClFN6O3. The fourth-order valence-corrected chi connectivity index (χ4v) is 3.36. The molecule has 0 aliphatic heterocycles. The van der Waals surface area contributed by atoms with Crippen molar-refractivity contribution in [2.24, 2.45) is 7.05 Å². The molecule has 3 N–H and O–H groups in total. The van der Waals surface area contributed by atoms with Gasteiger partial charge in [0.05, 0.1) is 17.3 Å². The van der Waals surface area contributed by atoms with Gasteiger partial charge in [-0.1, -0.05) is 18.5 Å². The van der Waals surface area contributed by atoms with E-state index >= 15 is 0 Å². The largest absolute Gasteiger partial charge is 0.346 e. The first-order chi connectivity index (χ1) is 14.7. The molecule has 1 aromatic carbocycles. The van der Waals surface area contributed by atoms with E-state index in [0.717, 1.165) is 6.07 Å². The zero-order chi connectivity index (χ0) is 22.7. The minimum absolute atomic E-state index is 0.0947. The maximum atomic E-state index is 13.3. The molecular weight excluding hydrogens is 427 g/mol. The number of hydrogen-bond donors (Lipinski definition) is 3. The highest BCUT2D eigenvalue weighted by atomic mass is 35.5. The number of benzene rings is 1. The van der Waals surface area contributed by atoms with Crippen molar-refractivity contribution in [1.82, 2.24) is 25.3 Å².